The number of nitriles is 3. The molecule has 1 unspecified atom stereocenters. The number of nitrogens with two attached hydrogens (primary N) is 2. The van der Waals surface area contributed by atoms with E-state index in [0.717, 1.165) is 74.5 Å². The van der Waals surface area contributed by atoms with E-state index in [-0.39, 0.29) is 29.1 Å². The van der Waals surface area contributed by atoms with Crippen molar-refractivity contribution in [1.29, 1.82) is 26.6 Å². The van der Waals surface area contributed by atoms with Crippen LogP contribution in [0.3, 0.4) is 0 Å². The summed E-state index contributed by atoms with van der Waals surface area (Å²) in [6, 6.07) is 58.5. The highest BCUT2D eigenvalue weighted by Crippen LogP contribution is 2.27. The van der Waals surface area contributed by atoms with Crippen molar-refractivity contribution in [1.82, 2.24) is 35.2 Å². The highest BCUT2D eigenvalue weighted by Gasteiger charge is 2.11. The average Bonchev–Trinajstić information content (AvgIpc) is 2.03. The van der Waals surface area contributed by atoms with Crippen LogP contribution in [0.4, 0.5) is 11.4 Å². The minimum absolute atomic E-state index is 0.0610. The third-order valence-corrected chi connectivity index (χ3v) is 13.9. The van der Waals surface area contributed by atoms with Crippen LogP contribution in [0.1, 0.15) is 28.6 Å². The first-order chi connectivity index (χ1) is 43.9. The third-order valence-electron chi connectivity index (χ3n) is 12.4. The Kier molecular flexibility index (Phi) is 27.0. The van der Waals surface area contributed by atoms with Gasteiger partial charge in [-0.3, -0.25) is 15.8 Å². The molecule has 10 aromatic rings. The van der Waals surface area contributed by atoms with Gasteiger partial charge in [0.05, 0.1) is 17.6 Å². The molecule has 91 heavy (non-hydrogen) atoms. The van der Waals surface area contributed by atoms with Crippen LogP contribution in [0, 0.1) is 58.0 Å². The predicted molar refractivity (Wildman–Crippen MR) is 367 cm³/mol. The van der Waals surface area contributed by atoms with E-state index in [1.165, 1.54) is 12.4 Å². The lowest BCUT2D eigenvalue weighted by Gasteiger charge is -2.12. The van der Waals surface area contributed by atoms with Crippen molar-refractivity contribution in [3.63, 3.8) is 0 Å². The van der Waals surface area contributed by atoms with Crippen LogP contribution in [0.2, 0.25) is 6.82 Å². The number of nitrogens with one attached hydrogen (secondary N) is 3. The number of allylic oxidation sites excluding steroid dienone is 1. The van der Waals surface area contributed by atoms with Gasteiger partial charge in [-0.1, -0.05) is 190 Å². The van der Waals surface area contributed by atoms with E-state index in [9.17, 15) is 0 Å². The Bertz CT molecular complexity index is 4160. The smallest absolute Gasteiger partial charge is 0.447 e. The van der Waals surface area contributed by atoms with E-state index in [1.54, 1.807) is 86.4 Å². The van der Waals surface area contributed by atoms with E-state index in [0.29, 0.717) is 22.4 Å². The highest BCUT2D eigenvalue weighted by molar-refractivity contribution is 9.11. The van der Waals surface area contributed by atoms with Gasteiger partial charge in [-0.25, -0.2) is 39.6 Å². The molecule has 25 heteroatoms. The molecular formula is C66H50B2Br3N17O3. The molecule has 0 aliphatic carbocycles. The monoisotopic (exact) mass is 1390 g/mol. The summed E-state index contributed by atoms with van der Waals surface area (Å²) in [7, 11) is -1.37. The lowest BCUT2D eigenvalue weighted by atomic mass is 9.64. The zero-order valence-corrected chi connectivity index (χ0v) is 52.8. The van der Waals surface area contributed by atoms with Crippen LogP contribution < -0.4 is 27.7 Å². The SMILES string of the molecule is N#CC1N=CC(c2ccc(Br)cc2)=CN1.N#Cc1ncc(Br)cn1.N=C(N)c1ccc(-c2ccc(-c3cnc(C(=N)N)nc3)cc2)cc1.OB(O)c1ccc(Br)cc1.[C-]#[N+]c1ccc(-c2ccc(-c3cnc(C#N)nc3)cc2)cc1.[C-]#[N+]c1ccc(B(C)O)cc1. The Hall–Kier alpha value is -11.2. The maximum atomic E-state index is 9.11. The fraction of sp³-hybridized carbons (Fsp3) is 0.0303. The Balaban J connectivity index is 0.000000181. The summed E-state index contributed by atoms with van der Waals surface area (Å²) < 4.78 is 2.75. The van der Waals surface area contributed by atoms with Gasteiger partial charge in [0.1, 0.15) is 24.0 Å². The van der Waals surface area contributed by atoms with Crippen molar-refractivity contribution < 1.29 is 15.1 Å². The quantitative estimate of drug-likeness (QED) is 0.0288. The molecule has 0 bridgehead atoms. The van der Waals surface area contributed by atoms with E-state index >= 15 is 0 Å². The van der Waals surface area contributed by atoms with Crippen molar-refractivity contribution in [3.05, 3.63) is 278 Å². The number of benzene rings is 7. The van der Waals surface area contributed by atoms with E-state index in [2.05, 4.69) is 97.7 Å². The molecule has 3 aromatic heterocycles. The topological polar surface area (TPSA) is 342 Å². The normalized spacial score (nSPS) is 11.1. The highest BCUT2D eigenvalue weighted by atomic mass is 79.9. The zero-order valence-electron chi connectivity index (χ0n) is 48.0. The number of rotatable bonds is 9. The molecule has 1 aliphatic heterocycles. The molecule has 0 amide bonds. The maximum Gasteiger partial charge on any atom is 0.488 e. The second kappa shape index (κ2) is 35.6. The van der Waals surface area contributed by atoms with Gasteiger partial charge in [0.2, 0.25) is 17.8 Å². The first-order valence-electron chi connectivity index (χ1n) is 26.7. The molecule has 1 atom stereocenters. The number of aromatic nitrogens is 6. The molecule has 11 rings (SSSR count). The summed E-state index contributed by atoms with van der Waals surface area (Å²) in [5.41, 5.74) is 24.1. The average molecular weight is 1390 g/mol. The Morgan fingerprint density at radius 1 is 0.495 bits per heavy atom. The van der Waals surface area contributed by atoms with Crippen molar-refractivity contribution in [2.45, 2.75) is 13.0 Å². The van der Waals surface area contributed by atoms with Crippen LogP contribution in [-0.4, -0.2) is 83.1 Å². The Labute approximate surface area is 551 Å². The minimum Gasteiger partial charge on any atom is -0.447 e. The number of nitrogens with zero attached hydrogens (tertiary/aromatic N) is 12. The second-order valence-corrected chi connectivity index (χ2v) is 21.4. The summed E-state index contributed by atoms with van der Waals surface area (Å²) in [6.07, 6.45) is 12.7. The first-order valence-corrected chi connectivity index (χ1v) is 29.1. The van der Waals surface area contributed by atoms with Gasteiger partial charge in [-0.05, 0) is 84.6 Å². The van der Waals surface area contributed by atoms with Gasteiger partial charge in [-0.15, -0.1) is 0 Å². The van der Waals surface area contributed by atoms with E-state index in [4.69, 9.17) is 66.3 Å². The molecule has 444 valence electrons. The van der Waals surface area contributed by atoms with Crippen LogP contribution in [0.25, 0.3) is 59.8 Å². The molecular weight excluding hydrogens is 1340 g/mol. The number of aliphatic imine (C=N–C) groups is 1. The van der Waals surface area contributed by atoms with Crippen LogP contribution in [-0.2, 0) is 0 Å². The number of hydrogen-bond donors (Lipinski definition) is 8. The lowest BCUT2D eigenvalue weighted by molar-refractivity contribution is 0.426. The largest absolute Gasteiger partial charge is 0.488 e. The van der Waals surface area contributed by atoms with Crippen LogP contribution in [0.15, 0.2) is 232 Å². The molecule has 7 aromatic carbocycles. The number of nitrogen functional groups attached to an aromatic ring is 2. The summed E-state index contributed by atoms with van der Waals surface area (Å²) in [6.45, 7) is 14.9. The fourth-order valence-electron chi connectivity index (χ4n) is 7.54. The molecule has 1 aliphatic rings. The standard InChI is InChI=1S/C18H16N6.C18H10N4.C11H8BrN3.C8H8BNO.C6H6BBrO2.C5H2BrN3/c19-16(20)14-7-5-12(6-8-14)11-1-3-13(4-2-11)15-9-23-18(17(21)22)24-10-15;1-20-17-8-6-14(7-9-17)13-2-4-15(5-3-13)16-11-21-18(10-19)22-12-16;12-10-3-1-8(2-4-10)9-6-14-11(5-13)15-7-9;1-9(11)7-3-5-8(10-2)6-4-7;8-6-3-1-5(2-4-6)7(9)10;6-4-2-8-5(1-7)9-3-4/h1-10H,(H3,19,20)(H3,21,22);2-9,11-12H;1-4,6-7,11,14H;3-6,11H,1H3;1-4,9-10H;2-3H. The molecule has 0 fully saturated rings. The van der Waals surface area contributed by atoms with Gasteiger partial charge in [0.25, 0.3) is 0 Å². The molecule has 20 nitrogen and oxygen atoms in total. The fourth-order valence-corrected chi connectivity index (χ4v) is 8.27. The van der Waals surface area contributed by atoms with Crippen LogP contribution >= 0.6 is 47.8 Å². The van der Waals surface area contributed by atoms with Crippen molar-refractivity contribution in [3.8, 4) is 62.7 Å². The minimum atomic E-state index is -1.37. The lowest BCUT2D eigenvalue weighted by Crippen LogP contribution is -2.29. The molecule has 10 N–H and O–H groups in total. The number of hydrogen-bond acceptors (Lipinski definition) is 16. The van der Waals surface area contributed by atoms with Gasteiger partial charge < -0.3 is 31.9 Å². The van der Waals surface area contributed by atoms with Gasteiger partial charge in [0.15, 0.2) is 23.0 Å². The molecule has 0 radical (unpaired) electrons. The molecule has 0 spiro atoms. The van der Waals surface area contributed by atoms with Gasteiger partial charge in [0, 0.05) is 80.8 Å². The van der Waals surface area contributed by atoms with Crippen molar-refractivity contribution >= 4 is 108 Å². The predicted octanol–water partition coefficient (Wildman–Crippen LogP) is 11.2. The summed E-state index contributed by atoms with van der Waals surface area (Å²) >= 11 is 9.75. The number of halogens is 3. The Morgan fingerprint density at radius 2 is 0.857 bits per heavy atom. The summed E-state index contributed by atoms with van der Waals surface area (Å²) in [5, 5.41) is 69.6. The third kappa shape index (κ3) is 22.2. The molecule has 4 heterocycles. The van der Waals surface area contributed by atoms with E-state index < -0.39 is 20.2 Å². The maximum absolute atomic E-state index is 9.11. The van der Waals surface area contributed by atoms with Gasteiger partial charge in [-0.2, -0.15) is 15.8 Å². The molecule has 0 saturated heterocycles. The zero-order chi connectivity index (χ0) is 65.7. The van der Waals surface area contributed by atoms with E-state index in [1.807, 2.05) is 146 Å². The van der Waals surface area contributed by atoms with Crippen molar-refractivity contribution in [2.75, 3.05) is 0 Å². The number of amidine groups is 2. The summed E-state index contributed by atoms with van der Waals surface area (Å²) in [4.78, 5) is 34.1. The van der Waals surface area contributed by atoms with Gasteiger partial charge >= 0.3 is 14.0 Å². The Morgan fingerprint density at radius 3 is 1.22 bits per heavy atom. The van der Waals surface area contributed by atoms with Crippen LogP contribution in [0.5, 0.6) is 0 Å². The summed E-state index contributed by atoms with van der Waals surface area (Å²) in [5.74, 6) is 0.496. The molecule has 0 saturated carbocycles. The first kappa shape index (κ1) is 68.9. The second-order valence-electron chi connectivity index (χ2n) is 18.6. The van der Waals surface area contributed by atoms with Crippen molar-refractivity contribution in [2.24, 2.45) is 16.5 Å².